The predicted octanol–water partition coefficient (Wildman–Crippen LogP) is 0.606. The van der Waals surface area contributed by atoms with Crippen molar-refractivity contribution in [2.24, 2.45) is 5.84 Å². The number of sulfone groups is 1. The normalized spacial score (nSPS) is 14.2. The Kier molecular flexibility index (Phi) is 3.65. The standard InChI is InChI=1S/C8H14N2O2S2/c1-6-7(3-4-13-6)8(10-9)5-14(2,11)12/h3-4,8,10H,5,9H2,1-2H3. The first-order valence-corrected chi connectivity index (χ1v) is 7.06. The van der Waals surface area contributed by atoms with Crippen LogP contribution in [0.3, 0.4) is 0 Å². The summed E-state index contributed by atoms with van der Waals surface area (Å²) in [4.78, 5) is 1.09. The Morgan fingerprint density at radius 1 is 1.64 bits per heavy atom. The van der Waals surface area contributed by atoms with Crippen LogP contribution in [0.15, 0.2) is 11.4 Å². The summed E-state index contributed by atoms with van der Waals surface area (Å²) in [5, 5.41) is 1.93. The van der Waals surface area contributed by atoms with Crippen molar-refractivity contribution in [3.8, 4) is 0 Å². The third-order valence-electron chi connectivity index (χ3n) is 1.94. The van der Waals surface area contributed by atoms with E-state index < -0.39 is 9.84 Å². The fraction of sp³-hybridized carbons (Fsp3) is 0.500. The molecule has 14 heavy (non-hydrogen) atoms. The van der Waals surface area contributed by atoms with E-state index in [4.69, 9.17) is 5.84 Å². The molecule has 0 fully saturated rings. The summed E-state index contributed by atoms with van der Waals surface area (Å²) in [6.45, 7) is 1.95. The van der Waals surface area contributed by atoms with Crippen LogP contribution in [0.25, 0.3) is 0 Å². The van der Waals surface area contributed by atoms with Gasteiger partial charge in [0.25, 0.3) is 0 Å². The van der Waals surface area contributed by atoms with E-state index in [0.29, 0.717) is 0 Å². The van der Waals surface area contributed by atoms with Crippen molar-refractivity contribution in [3.63, 3.8) is 0 Å². The van der Waals surface area contributed by atoms with Crippen LogP contribution in [-0.4, -0.2) is 20.4 Å². The van der Waals surface area contributed by atoms with E-state index in [-0.39, 0.29) is 11.8 Å². The molecule has 0 saturated heterocycles. The number of rotatable bonds is 4. The monoisotopic (exact) mass is 234 g/mol. The maximum atomic E-state index is 11.1. The molecule has 1 aromatic heterocycles. The lowest BCUT2D eigenvalue weighted by molar-refractivity contribution is 0.564. The summed E-state index contributed by atoms with van der Waals surface area (Å²) in [6, 6.07) is 1.59. The Morgan fingerprint density at radius 3 is 2.64 bits per heavy atom. The van der Waals surface area contributed by atoms with Gasteiger partial charge in [-0.15, -0.1) is 11.3 Å². The summed E-state index contributed by atoms with van der Waals surface area (Å²) in [7, 11) is -3.02. The first-order chi connectivity index (χ1) is 6.44. The second kappa shape index (κ2) is 4.39. The summed E-state index contributed by atoms with van der Waals surface area (Å²) in [5.41, 5.74) is 3.49. The minimum atomic E-state index is -3.02. The van der Waals surface area contributed by atoms with Crippen LogP contribution in [0.4, 0.5) is 0 Å². The average Bonchev–Trinajstić information content (AvgIpc) is 2.45. The van der Waals surface area contributed by atoms with Gasteiger partial charge in [-0.2, -0.15) is 0 Å². The minimum Gasteiger partial charge on any atom is -0.271 e. The van der Waals surface area contributed by atoms with E-state index in [1.165, 1.54) is 6.26 Å². The van der Waals surface area contributed by atoms with E-state index in [2.05, 4.69) is 5.43 Å². The molecule has 1 atom stereocenters. The molecular formula is C8H14N2O2S2. The van der Waals surface area contributed by atoms with Gasteiger partial charge in [0.15, 0.2) is 0 Å². The van der Waals surface area contributed by atoms with Crippen LogP contribution in [0.2, 0.25) is 0 Å². The van der Waals surface area contributed by atoms with Crippen LogP contribution in [0, 0.1) is 6.92 Å². The molecule has 0 spiro atoms. The molecule has 1 aromatic rings. The highest BCUT2D eigenvalue weighted by Gasteiger charge is 2.18. The maximum absolute atomic E-state index is 11.1. The quantitative estimate of drug-likeness (QED) is 0.591. The lowest BCUT2D eigenvalue weighted by Crippen LogP contribution is -2.33. The number of hydrogen-bond acceptors (Lipinski definition) is 5. The molecule has 4 nitrogen and oxygen atoms in total. The zero-order valence-corrected chi connectivity index (χ0v) is 9.78. The van der Waals surface area contributed by atoms with Gasteiger partial charge in [0.1, 0.15) is 9.84 Å². The van der Waals surface area contributed by atoms with Crippen molar-refractivity contribution in [1.29, 1.82) is 0 Å². The second-order valence-corrected chi connectivity index (χ2v) is 6.55. The van der Waals surface area contributed by atoms with Crippen molar-refractivity contribution in [3.05, 3.63) is 21.9 Å². The molecule has 0 aliphatic heterocycles. The fourth-order valence-corrected chi connectivity index (χ4v) is 2.93. The predicted molar refractivity (Wildman–Crippen MR) is 58.8 cm³/mol. The third kappa shape index (κ3) is 3.06. The van der Waals surface area contributed by atoms with Crippen LogP contribution in [0.5, 0.6) is 0 Å². The van der Waals surface area contributed by atoms with Crippen LogP contribution in [0.1, 0.15) is 16.5 Å². The van der Waals surface area contributed by atoms with Gasteiger partial charge in [0.05, 0.1) is 11.8 Å². The van der Waals surface area contributed by atoms with Gasteiger partial charge in [-0.3, -0.25) is 11.3 Å². The summed E-state index contributed by atoms with van der Waals surface area (Å²) in [5.74, 6) is 5.36. The van der Waals surface area contributed by atoms with Crippen molar-refractivity contribution in [2.45, 2.75) is 13.0 Å². The van der Waals surface area contributed by atoms with Crippen molar-refractivity contribution in [2.75, 3.05) is 12.0 Å². The lowest BCUT2D eigenvalue weighted by atomic mass is 10.1. The van der Waals surface area contributed by atoms with Crippen LogP contribution < -0.4 is 11.3 Å². The van der Waals surface area contributed by atoms with Crippen LogP contribution in [-0.2, 0) is 9.84 Å². The molecule has 0 radical (unpaired) electrons. The van der Waals surface area contributed by atoms with Gasteiger partial charge < -0.3 is 0 Å². The zero-order chi connectivity index (χ0) is 10.8. The van der Waals surface area contributed by atoms with E-state index in [1.54, 1.807) is 11.3 Å². The molecule has 6 heteroatoms. The van der Waals surface area contributed by atoms with Crippen molar-refractivity contribution >= 4 is 21.2 Å². The molecule has 1 heterocycles. The highest BCUT2D eigenvalue weighted by Crippen LogP contribution is 2.22. The Morgan fingerprint density at radius 2 is 2.29 bits per heavy atom. The number of aryl methyl sites for hydroxylation is 1. The summed E-state index contributed by atoms with van der Waals surface area (Å²) < 4.78 is 22.2. The first-order valence-electron chi connectivity index (χ1n) is 4.12. The lowest BCUT2D eigenvalue weighted by Gasteiger charge is -2.14. The van der Waals surface area contributed by atoms with Crippen molar-refractivity contribution < 1.29 is 8.42 Å². The average molecular weight is 234 g/mol. The number of hydrazine groups is 1. The number of nitrogens with two attached hydrogens (primary N) is 1. The molecule has 1 unspecified atom stereocenters. The zero-order valence-electron chi connectivity index (χ0n) is 8.15. The molecule has 0 amide bonds. The van der Waals surface area contributed by atoms with Gasteiger partial charge in [-0.05, 0) is 23.9 Å². The highest BCUT2D eigenvalue weighted by molar-refractivity contribution is 7.90. The van der Waals surface area contributed by atoms with E-state index >= 15 is 0 Å². The molecule has 0 bridgehead atoms. The largest absolute Gasteiger partial charge is 0.271 e. The number of hydrogen-bond donors (Lipinski definition) is 2. The van der Waals surface area contributed by atoms with E-state index in [9.17, 15) is 8.42 Å². The second-order valence-electron chi connectivity index (χ2n) is 3.24. The molecule has 0 aromatic carbocycles. The molecular weight excluding hydrogens is 220 g/mol. The Bertz CT molecular complexity index is 397. The third-order valence-corrected chi connectivity index (χ3v) is 3.75. The van der Waals surface area contributed by atoms with E-state index in [0.717, 1.165) is 10.4 Å². The van der Waals surface area contributed by atoms with Crippen LogP contribution >= 0.6 is 11.3 Å². The van der Waals surface area contributed by atoms with Gasteiger partial charge >= 0.3 is 0 Å². The SMILES string of the molecule is Cc1sccc1C(CS(C)(=O)=O)NN. The van der Waals surface area contributed by atoms with Gasteiger partial charge in [-0.25, -0.2) is 8.42 Å². The van der Waals surface area contributed by atoms with E-state index in [1.807, 2.05) is 18.4 Å². The topological polar surface area (TPSA) is 72.2 Å². The molecule has 1 rings (SSSR count). The number of thiophene rings is 1. The molecule has 0 aliphatic rings. The number of nitrogens with one attached hydrogen (secondary N) is 1. The molecule has 80 valence electrons. The fourth-order valence-electron chi connectivity index (χ4n) is 1.29. The summed E-state index contributed by atoms with van der Waals surface area (Å²) in [6.07, 6.45) is 1.21. The van der Waals surface area contributed by atoms with Crippen molar-refractivity contribution in [1.82, 2.24) is 5.43 Å². The Hall–Kier alpha value is -0.430. The first kappa shape index (κ1) is 11.6. The Labute approximate surface area is 88.0 Å². The highest BCUT2D eigenvalue weighted by atomic mass is 32.2. The molecule has 0 aliphatic carbocycles. The van der Waals surface area contributed by atoms with Gasteiger partial charge in [0, 0.05) is 11.1 Å². The maximum Gasteiger partial charge on any atom is 0.149 e. The van der Waals surface area contributed by atoms with Gasteiger partial charge in [0.2, 0.25) is 0 Å². The molecule has 0 saturated carbocycles. The van der Waals surface area contributed by atoms with Gasteiger partial charge in [-0.1, -0.05) is 0 Å². The summed E-state index contributed by atoms with van der Waals surface area (Å²) >= 11 is 1.58. The Balaban J connectivity index is 2.89. The smallest absolute Gasteiger partial charge is 0.149 e. The minimum absolute atomic E-state index is 0.0288. The molecule has 3 N–H and O–H groups in total.